The number of hydrogen-bond donors (Lipinski definition) is 3. The molecule has 0 aliphatic heterocycles. The van der Waals surface area contributed by atoms with Crippen LogP contribution in [0, 0.1) is 0 Å². The van der Waals surface area contributed by atoms with Crippen LogP contribution in [-0.2, 0) is 4.79 Å². The number of hydrogen-bond acceptors (Lipinski definition) is 5. The summed E-state index contributed by atoms with van der Waals surface area (Å²) in [7, 11) is 0. The van der Waals surface area contributed by atoms with Gasteiger partial charge in [-0.3, -0.25) is 14.9 Å². The molecule has 0 radical (unpaired) electrons. The Morgan fingerprint density at radius 1 is 0.778 bits per heavy atom. The van der Waals surface area contributed by atoms with E-state index >= 15 is 0 Å². The molecule has 3 aromatic rings. The van der Waals surface area contributed by atoms with Gasteiger partial charge in [0.2, 0.25) is 0 Å². The third kappa shape index (κ3) is 9.38. The highest BCUT2D eigenvalue weighted by molar-refractivity contribution is 7.80. The van der Waals surface area contributed by atoms with Gasteiger partial charge in [0.05, 0.1) is 6.61 Å². The van der Waals surface area contributed by atoms with Crippen LogP contribution in [0.3, 0.4) is 0 Å². The van der Waals surface area contributed by atoms with Crippen LogP contribution < -0.4 is 25.4 Å². The van der Waals surface area contributed by atoms with E-state index in [2.05, 4.69) is 22.9 Å². The standard InChI is InChI=1S/C28H31N3O4S/c1-2-3-4-8-18-34-25-16-14-21(15-17-25)27(33)31-28(36)30-23-11-9-10-22(19-23)29-26(32)20-35-24-12-6-5-7-13-24/h5-7,9-17,19H,2-4,8,18,20H2,1H3,(H,29,32)(H2,30,31,33,36). The minimum atomic E-state index is -0.329. The van der Waals surface area contributed by atoms with Gasteiger partial charge in [-0.05, 0) is 73.2 Å². The maximum atomic E-state index is 12.5. The molecule has 2 amide bonds. The second-order valence-corrected chi connectivity index (χ2v) is 8.48. The zero-order valence-corrected chi connectivity index (χ0v) is 21.1. The molecule has 36 heavy (non-hydrogen) atoms. The highest BCUT2D eigenvalue weighted by Crippen LogP contribution is 2.16. The fourth-order valence-corrected chi connectivity index (χ4v) is 3.51. The van der Waals surface area contributed by atoms with Crippen molar-refractivity contribution in [1.82, 2.24) is 5.32 Å². The average molecular weight is 506 g/mol. The summed E-state index contributed by atoms with van der Waals surface area (Å²) in [5.41, 5.74) is 1.66. The molecule has 0 bridgehead atoms. The lowest BCUT2D eigenvalue weighted by molar-refractivity contribution is -0.118. The Kier molecular flexibility index (Phi) is 10.7. The monoisotopic (exact) mass is 505 g/mol. The lowest BCUT2D eigenvalue weighted by atomic mass is 10.2. The summed E-state index contributed by atoms with van der Waals surface area (Å²) in [6.45, 7) is 2.73. The number of ether oxygens (including phenoxy) is 2. The molecule has 0 unspecified atom stereocenters. The molecule has 8 heteroatoms. The fourth-order valence-electron chi connectivity index (χ4n) is 3.30. The second kappa shape index (κ2) is 14.5. The molecule has 3 aromatic carbocycles. The third-order valence-corrected chi connectivity index (χ3v) is 5.33. The van der Waals surface area contributed by atoms with E-state index < -0.39 is 0 Å². The number of amides is 2. The zero-order valence-electron chi connectivity index (χ0n) is 20.3. The minimum Gasteiger partial charge on any atom is -0.494 e. The molecule has 0 spiro atoms. The third-order valence-electron chi connectivity index (χ3n) is 5.13. The maximum Gasteiger partial charge on any atom is 0.262 e. The Labute approximate surface area is 217 Å². The molecule has 0 aliphatic rings. The summed E-state index contributed by atoms with van der Waals surface area (Å²) < 4.78 is 11.2. The largest absolute Gasteiger partial charge is 0.494 e. The fraction of sp³-hybridized carbons (Fsp3) is 0.250. The lowest BCUT2D eigenvalue weighted by Crippen LogP contribution is -2.34. The van der Waals surface area contributed by atoms with Gasteiger partial charge in [0.25, 0.3) is 11.8 Å². The van der Waals surface area contributed by atoms with Crippen molar-refractivity contribution in [2.75, 3.05) is 23.8 Å². The lowest BCUT2D eigenvalue weighted by Gasteiger charge is -2.12. The first kappa shape index (κ1) is 26.7. The van der Waals surface area contributed by atoms with Crippen LogP contribution in [0.4, 0.5) is 11.4 Å². The number of rotatable bonds is 12. The Hall–Kier alpha value is -3.91. The van der Waals surface area contributed by atoms with Gasteiger partial charge in [0, 0.05) is 16.9 Å². The van der Waals surface area contributed by atoms with Crippen molar-refractivity contribution < 1.29 is 19.1 Å². The van der Waals surface area contributed by atoms with Crippen molar-refractivity contribution in [3.05, 3.63) is 84.4 Å². The predicted molar refractivity (Wildman–Crippen MR) is 147 cm³/mol. The molecule has 0 saturated carbocycles. The molecule has 0 fully saturated rings. The van der Waals surface area contributed by atoms with E-state index in [0.29, 0.717) is 29.3 Å². The van der Waals surface area contributed by atoms with Gasteiger partial charge < -0.3 is 20.1 Å². The Morgan fingerprint density at radius 2 is 1.47 bits per heavy atom. The summed E-state index contributed by atoms with van der Waals surface area (Å²) in [5.74, 6) is 0.732. The van der Waals surface area contributed by atoms with Gasteiger partial charge in [-0.2, -0.15) is 0 Å². The van der Waals surface area contributed by atoms with Crippen molar-refractivity contribution in [1.29, 1.82) is 0 Å². The molecular weight excluding hydrogens is 474 g/mol. The average Bonchev–Trinajstić information content (AvgIpc) is 2.88. The SMILES string of the molecule is CCCCCCOc1ccc(C(=O)NC(=S)Nc2cccc(NC(=O)COc3ccccc3)c2)cc1. The van der Waals surface area contributed by atoms with Crippen LogP contribution in [0.5, 0.6) is 11.5 Å². The van der Waals surface area contributed by atoms with E-state index in [9.17, 15) is 9.59 Å². The number of carbonyl (C=O) groups is 2. The van der Waals surface area contributed by atoms with E-state index in [1.165, 1.54) is 12.8 Å². The van der Waals surface area contributed by atoms with Gasteiger partial charge in [-0.15, -0.1) is 0 Å². The normalized spacial score (nSPS) is 10.2. The number of unbranched alkanes of at least 4 members (excludes halogenated alkanes) is 3. The van der Waals surface area contributed by atoms with E-state index in [-0.39, 0.29) is 23.5 Å². The minimum absolute atomic E-state index is 0.112. The maximum absolute atomic E-state index is 12.5. The Morgan fingerprint density at radius 3 is 2.19 bits per heavy atom. The quantitative estimate of drug-likeness (QED) is 0.213. The van der Waals surface area contributed by atoms with Crippen LogP contribution in [0.25, 0.3) is 0 Å². The molecule has 3 rings (SSSR count). The molecule has 3 N–H and O–H groups in total. The number of anilines is 2. The van der Waals surface area contributed by atoms with Gasteiger partial charge >= 0.3 is 0 Å². The number of thiocarbonyl (C=S) groups is 1. The summed E-state index contributed by atoms with van der Waals surface area (Å²) in [4.78, 5) is 24.7. The van der Waals surface area contributed by atoms with E-state index in [1.807, 2.05) is 18.2 Å². The Bertz CT molecular complexity index is 1140. The summed E-state index contributed by atoms with van der Waals surface area (Å²) in [6, 6.07) is 23.1. The first-order valence-corrected chi connectivity index (χ1v) is 12.4. The van der Waals surface area contributed by atoms with Crippen molar-refractivity contribution in [3.63, 3.8) is 0 Å². The summed E-state index contributed by atoms with van der Waals surface area (Å²) in [5, 5.41) is 8.55. The zero-order chi connectivity index (χ0) is 25.6. The molecule has 0 saturated heterocycles. The first-order valence-electron chi connectivity index (χ1n) is 12.0. The van der Waals surface area contributed by atoms with Gasteiger partial charge in [-0.25, -0.2) is 0 Å². The van der Waals surface area contributed by atoms with Crippen molar-refractivity contribution >= 4 is 40.5 Å². The second-order valence-electron chi connectivity index (χ2n) is 8.07. The number of nitrogens with one attached hydrogen (secondary N) is 3. The van der Waals surface area contributed by atoms with Gasteiger partial charge in [0.1, 0.15) is 11.5 Å². The van der Waals surface area contributed by atoms with E-state index in [1.54, 1.807) is 60.7 Å². The molecular formula is C28H31N3O4S. The first-order chi connectivity index (χ1) is 17.5. The number of benzene rings is 3. The van der Waals surface area contributed by atoms with Gasteiger partial charge in [0.15, 0.2) is 11.7 Å². The number of para-hydroxylation sites is 1. The molecule has 0 aromatic heterocycles. The summed E-state index contributed by atoms with van der Waals surface area (Å²) in [6.07, 6.45) is 4.56. The molecule has 188 valence electrons. The van der Waals surface area contributed by atoms with Crippen molar-refractivity contribution in [3.8, 4) is 11.5 Å². The predicted octanol–water partition coefficient (Wildman–Crippen LogP) is 5.79. The van der Waals surface area contributed by atoms with Crippen LogP contribution >= 0.6 is 12.2 Å². The van der Waals surface area contributed by atoms with Crippen LogP contribution in [0.2, 0.25) is 0 Å². The van der Waals surface area contributed by atoms with Gasteiger partial charge in [-0.1, -0.05) is 50.5 Å². The van der Waals surface area contributed by atoms with Crippen LogP contribution in [0.1, 0.15) is 43.0 Å². The van der Waals surface area contributed by atoms with Crippen LogP contribution in [0.15, 0.2) is 78.9 Å². The van der Waals surface area contributed by atoms with E-state index in [0.717, 1.165) is 18.6 Å². The molecule has 0 atom stereocenters. The topological polar surface area (TPSA) is 88.7 Å². The molecule has 7 nitrogen and oxygen atoms in total. The smallest absolute Gasteiger partial charge is 0.262 e. The van der Waals surface area contributed by atoms with Crippen LogP contribution in [-0.4, -0.2) is 30.1 Å². The van der Waals surface area contributed by atoms with Crippen molar-refractivity contribution in [2.24, 2.45) is 0 Å². The van der Waals surface area contributed by atoms with Crippen molar-refractivity contribution in [2.45, 2.75) is 32.6 Å². The molecule has 0 aliphatic carbocycles. The molecule has 0 heterocycles. The highest BCUT2D eigenvalue weighted by atomic mass is 32.1. The van der Waals surface area contributed by atoms with E-state index in [4.69, 9.17) is 21.7 Å². The highest BCUT2D eigenvalue weighted by Gasteiger charge is 2.09. The number of carbonyl (C=O) groups excluding carboxylic acids is 2. The Balaban J connectivity index is 1.44. The summed E-state index contributed by atoms with van der Waals surface area (Å²) >= 11 is 5.28.